The fourth-order valence-electron chi connectivity index (χ4n) is 2.64. The Labute approximate surface area is 130 Å². The minimum atomic E-state index is -2.97. The molecule has 0 saturated heterocycles. The van der Waals surface area contributed by atoms with Crippen LogP contribution in [-0.2, 0) is 20.0 Å². The number of carbonyl (C=O) groups is 1. The third-order valence-corrected chi connectivity index (χ3v) is 3.76. The summed E-state index contributed by atoms with van der Waals surface area (Å²) in [6.07, 6.45) is 0.661. The average molecular weight is 323 g/mol. The van der Waals surface area contributed by atoms with Crippen LogP contribution >= 0.6 is 0 Å². The molecule has 0 aliphatic carbocycles. The molecule has 1 aliphatic rings. The first-order valence-corrected chi connectivity index (χ1v) is 7.03. The number of phenols is 1. The maximum Gasteiger partial charge on any atom is 0.388 e. The summed E-state index contributed by atoms with van der Waals surface area (Å²) in [5.74, 6) is -0.388. The zero-order chi connectivity index (χ0) is 16.6. The highest BCUT2D eigenvalue weighted by Crippen LogP contribution is 2.25. The third kappa shape index (κ3) is 3.10. The first-order valence-electron chi connectivity index (χ1n) is 7.03. The summed E-state index contributed by atoms with van der Waals surface area (Å²) < 4.78 is 30.0. The summed E-state index contributed by atoms with van der Waals surface area (Å²) in [6, 6.07) is 6.27. The van der Waals surface area contributed by atoms with Crippen molar-refractivity contribution in [3.8, 4) is 11.6 Å². The summed E-state index contributed by atoms with van der Waals surface area (Å²) >= 11 is 0. The lowest BCUT2D eigenvalue weighted by molar-refractivity contribution is -0.0553. The molecule has 3 rings (SSSR count). The fraction of sp³-hybridized carbons (Fsp3) is 0.333. The number of nitrogens with zero attached hydrogens (tertiary/aromatic N) is 3. The standard InChI is InChI=1S/C15H15F2N3O3/c1-19-13(23-15(16)17)7-12(18-19)14(22)20-5-4-9-2-3-11(21)6-10(9)8-20/h2-3,6-7,15,21H,4-5,8H2,1H3. The molecular weight excluding hydrogens is 308 g/mol. The minimum absolute atomic E-state index is 0.0479. The lowest BCUT2D eigenvalue weighted by atomic mass is 9.99. The number of alkyl halides is 2. The normalized spacial score (nSPS) is 14.0. The number of halogens is 2. The first kappa shape index (κ1) is 15.3. The van der Waals surface area contributed by atoms with Crippen LogP contribution in [0.5, 0.6) is 11.6 Å². The number of benzene rings is 1. The van der Waals surface area contributed by atoms with Crippen molar-refractivity contribution in [2.24, 2.45) is 7.05 Å². The molecule has 2 aromatic rings. The Kier molecular flexibility index (Phi) is 3.89. The topological polar surface area (TPSA) is 67.6 Å². The van der Waals surface area contributed by atoms with Crippen LogP contribution in [0.15, 0.2) is 24.3 Å². The Bertz CT molecular complexity index is 746. The van der Waals surface area contributed by atoms with Crippen molar-refractivity contribution in [1.82, 2.24) is 14.7 Å². The Morgan fingerprint density at radius 3 is 2.87 bits per heavy atom. The zero-order valence-corrected chi connectivity index (χ0v) is 12.4. The smallest absolute Gasteiger partial charge is 0.388 e. The number of fused-ring (bicyclic) bond motifs is 1. The van der Waals surface area contributed by atoms with E-state index in [0.29, 0.717) is 19.5 Å². The number of amides is 1. The van der Waals surface area contributed by atoms with E-state index in [4.69, 9.17) is 0 Å². The Morgan fingerprint density at radius 1 is 1.35 bits per heavy atom. The van der Waals surface area contributed by atoms with E-state index < -0.39 is 6.61 Å². The van der Waals surface area contributed by atoms with Crippen LogP contribution in [0, 0.1) is 0 Å². The van der Waals surface area contributed by atoms with Gasteiger partial charge in [-0.2, -0.15) is 13.9 Å². The molecule has 1 aliphatic heterocycles. The molecule has 1 aromatic heterocycles. The average Bonchev–Trinajstić information content (AvgIpc) is 2.86. The van der Waals surface area contributed by atoms with Gasteiger partial charge in [0.05, 0.1) is 0 Å². The quantitative estimate of drug-likeness (QED) is 0.937. The number of hydrogen-bond acceptors (Lipinski definition) is 4. The summed E-state index contributed by atoms with van der Waals surface area (Å²) in [7, 11) is 1.43. The van der Waals surface area contributed by atoms with Gasteiger partial charge in [0, 0.05) is 26.2 Å². The number of ether oxygens (including phenoxy) is 1. The highest BCUT2D eigenvalue weighted by molar-refractivity contribution is 5.92. The van der Waals surface area contributed by atoms with Gasteiger partial charge in [0.1, 0.15) is 5.75 Å². The molecule has 6 nitrogen and oxygen atoms in total. The first-order chi connectivity index (χ1) is 10.9. The number of aryl methyl sites for hydroxylation is 1. The predicted molar refractivity (Wildman–Crippen MR) is 76.4 cm³/mol. The van der Waals surface area contributed by atoms with Gasteiger partial charge in [-0.3, -0.25) is 4.79 Å². The van der Waals surface area contributed by atoms with E-state index in [1.54, 1.807) is 17.0 Å². The Hall–Kier alpha value is -2.64. The van der Waals surface area contributed by atoms with Crippen LogP contribution in [0.3, 0.4) is 0 Å². The van der Waals surface area contributed by atoms with Gasteiger partial charge in [-0.15, -0.1) is 0 Å². The van der Waals surface area contributed by atoms with Crippen LogP contribution in [0.25, 0.3) is 0 Å². The van der Waals surface area contributed by atoms with Crippen LogP contribution in [0.4, 0.5) is 8.78 Å². The van der Waals surface area contributed by atoms with E-state index in [2.05, 4.69) is 9.84 Å². The van der Waals surface area contributed by atoms with Crippen LogP contribution in [-0.4, -0.2) is 38.9 Å². The van der Waals surface area contributed by atoms with Crippen molar-refractivity contribution < 1.29 is 23.4 Å². The number of aromatic hydroxyl groups is 1. The van der Waals surface area contributed by atoms with Gasteiger partial charge in [-0.05, 0) is 29.7 Å². The minimum Gasteiger partial charge on any atom is -0.508 e. The van der Waals surface area contributed by atoms with Crippen molar-refractivity contribution >= 4 is 5.91 Å². The molecule has 0 bridgehead atoms. The highest BCUT2D eigenvalue weighted by Gasteiger charge is 2.25. The molecule has 2 heterocycles. The third-order valence-electron chi connectivity index (χ3n) is 3.76. The summed E-state index contributed by atoms with van der Waals surface area (Å²) in [5.41, 5.74) is 1.99. The molecule has 0 fully saturated rings. The number of rotatable bonds is 3. The molecule has 8 heteroatoms. The zero-order valence-electron chi connectivity index (χ0n) is 12.4. The Morgan fingerprint density at radius 2 is 2.13 bits per heavy atom. The molecule has 0 atom stereocenters. The van der Waals surface area contributed by atoms with Crippen molar-refractivity contribution in [3.63, 3.8) is 0 Å². The fourth-order valence-corrected chi connectivity index (χ4v) is 2.64. The largest absolute Gasteiger partial charge is 0.508 e. The Balaban J connectivity index is 1.79. The van der Waals surface area contributed by atoms with Crippen molar-refractivity contribution in [2.75, 3.05) is 6.54 Å². The second kappa shape index (κ2) is 5.86. The molecule has 0 unspecified atom stereocenters. The lowest BCUT2D eigenvalue weighted by Crippen LogP contribution is -2.36. The monoisotopic (exact) mass is 323 g/mol. The molecule has 122 valence electrons. The summed E-state index contributed by atoms with van der Waals surface area (Å²) in [6.45, 7) is -2.14. The van der Waals surface area contributed by atoms with E-state index in [0.717, 1.165) is 15.8 Å². The van der Waals surface area contributed by atoms with E-state index in [9.17, 15) is 18.7 Å². The second-order valence-electron chi connectivity index (χ2n) is 5.30. The molecule has 23 heavy (non-hydrogen) atoms. The predicted octanol–water partition coefficient (Wildman–Crippen LogP) is 1.93. The number of aromatic nitrogens is 2. The van der Waals surface area contributed by atoms with Crippen LogP contribution in [0.1, 0.15) is 21.6 Å². The van der Waals surface area contributed by atoms with Gasteiger partial charge in [0.15, 0.2) is 5.69 Å². The van der Waals surface area contributed by atoms with Gasteiger partial charge < -0.3 is 14.7 Å². The number of phenolic OH excluding ortho intramolecular Hbond substituents is 1. The summed E-state index contributed by atoms with van der Waals surface area (Å²) in [4.78, 5) is 14.1. The van der Waals surface area contributed by atoms with Crippen molar-refractivity contribution in [2.45, 2.75) is 19.6 Å². The van der Waals surface area contributed by atoms with Crippen molar-refractivity contribution in [1.29, 1.82) is 0 Å². The maximum absolute atomic E-state index is 12.5. The lowest BCUT2D eigenvalue weighted by Gasteiger charge is -2.28. The molecular formula is C15H15F2N3O3. The maximum atomic E-state index is 12.5. The van der Waals surface area contributed by atoms with Gasteiger partial charge in [-0.1, -0.05) is 6.07 Å². The molecule has 0 radical (unpaired) electrons. The summed E-state index contributed by atoms with van der Waals surface area (Å²) in [5, 5.41) is 13.5. The van der Waals surface area contributed by atoms with E-state index in [1.807, 2.05) is 6.07 Å². The molecule has 1 aromatic carbocycles. The van der Waals surface area contributed by atoms with Gasteiger partial charge >= 0.3 is 6.61 Å². The number of hydrogen-bond donors (Lipinski definition) is 1. The highest BCUT2D eigenvalue weighted by atomic mass is 19.3. The van der Waals surface area contributed by atoms with E-state index in [-0.39, 0.29) is 23.2 Å². The van der Waals surface area contributed by atoms with E-state index >= 15 is 0 Å². The molecule has 0 saturated carbocycles. The van der Waals surface area contributed by atoms with Crippen LogP contribution < -0.4 is 4.74 Å². The van der Waals surface area contributed by atoms with Crippen molar-refractivity contribution in [3.05, 3.63) is 41.1 Å². The second-order valence-corrected chi connectivity index (χ2v) is 5.30. The van der Waals surface area contributed by atoms with Gasteiger partial charge in [0.2, 0.25) is 5.88 Å². The number of carbonyl (C=O) groups excluding carboxylic acids is 1. The molecule has 0 spiro atoms. The van der Waals surface area contributed by atoms with Gasteiger partial charge in [0.25, 0.3) is 5.91 Å². The molecule has 1 amide bonds. The molecule has 1 N–H and O–H groups in total. The SMILES string of the molecule is Cn1nc(C(=O)N2CCc3ccc(O)cc3C2)cc1OC(F)F. The van der Waals surface area contributed by atoms with Gasteiger partial charge in [-0.25, -0.2) is 4.68 Å². The van der Waals surface area contributed by atoms with E-state index in [1.165, 1.54) is 13.1 Å². The van der Waals surface area contributed by atoms with Crippen LogP contribution in [0.2, 0.25) is 0 Å².